The Morgan fingerprint density at radius 2 is 1.18 bits per heavy atom. The highest BCUT2D eigenvalue weighted by atomic mass is 28.3. The predicted molar refractivity (Wildman–Crippen MR) is 158 cm³/mol. The zero-order valence-corrected chi connectivity index (χ0v) is 21.8. The van der Waals surface area contributed by atoms with Crippen LogP contribution in [0.25, 0.3) is 33.6 Å². The van der Waals surface area contributed by atoms with Gasteiger partial charge in [-0.2, -0.15) is 0 Å². The molecule has 0 radical (unpaired) electrons. The molecule has 1 aliphatic carbocycles. The lowest BCUT2D eigenvalue weighted by molar-refractivity contribution is 1.09. The average Bonchev–Trinajstić information content (AvgIpc) is 3.51. The van der Waals surface area contributed by atoms with Gasteiger partial charge in [0, 0.05) is 17.5 Å². The van der Waals surface area contributed by atoms with E-state index in [2.05, 4.69) is 127 Å². The van der Waals surface area contributed by atoms with E-state index in [1.54, 1.807) is 0 Å². The van der Waals surface area contributed by atoms with Crippen LogP contribution in [0, 0.1) is 0 Å². The molecule has 0 amide bonds. The van der Waals surface area contributed by atoms with Crippen molar-refractivity contribution in [2.75, 3.05) is 0 Å². The number of rotatable bonds is 3. The van der Waals surface area contributed by atoms with Crippen LogP contribution in [0.15, 0.2) is 134 Å². The van der Waals surface area contributed by atoms with Gasteiger partial charge in [-0.05, 0) is 37.4 Å². The van der Waals surface area contributed by atoms with E-state index in [0.29, 0.717) is 0 Å². The maximum Gasteiger partial charge on any atom is 0.180 e. The molecule has 2 heterocycles. The molecule has 0 bridgehead atoms. The van der Waals surface area contributed by atoms with E-state index in [-0.39, 0.29) is 0 Å². The van der Waals surface area contributed by atoms with Gasteiger partial charge in [-0.25, -0.2) is 4.98 Å². The van der Waals surface area contributed by atoms with Gasteiger partial charge in [0.2, 0.25) is 0 Å². The van der Waals surface area contributed by atoms with E-state index in [9.17, 15) is 0 Å². The first kappa shape index (κ1) is 21.5. The van der Waals surface area contributed by atoms with Crippen molar-refractivity contribution in [3.05, 3.63) is 145 Å². The third-order valence-corrected chi connectivity index (χ3v) is 13.1. The van der Waals surface area contributed by atoms with Gasteiger partial charge in [0.1, 0.15) is 0 Å². The number of hydrogen-bond donors (Lipinski definition) is 0. The van der Waals surface area contributed by atoms with E-state index in [1.807, 2.05) is 6.20 Å². The van der Waals surface area contributed by atoms with Crippen LogP contribution in [0.2, 0.25) is 0 Å². The van der Waals surface area contributed by atoms with Crippen molar-refractivity contribution in [2.24, 2.45) is 0 Å². The van der Waals surface area contributed by atoms with Crippen LogP contribution in [0.4, 0.5) is 0 Å². The second-order valence-electron chi connectivity index (χ2n) is 10.2. The lowest BCUT2D eigenvalue weighted by atomic mass is 10.0. The van der Waals surface area contributed by atoms with Crippen LogP contribution in [0.3, 0.4) is 0 Å². The highest BCUT2D eigenvalue weighted by Crippen LogP contribution is 2.36. The summed E-state index contributed by atoms with van der Waals surface area (Å²) in [6.45, 7) is 0. The fraction of sp³-hybridized carbons (Fsp3) is 0.0286. The van der Waals surface area contributed by atoms with Crippen molar-refractivity contribution in [3.8, 4) is 33.6 Å². The minimum absolute atomic E-state index is 0.857. The summed E-state index contributed by atoms with van der Waals surface area (Å²) in [6, 6.07) is 46.8. The Morgan fingerprint density at radius 3 is 1.95 bits per heavy atom. The van der Waals surface area contributed by atoms with Crippen molar-refractivity contribution in [1.29, 1.82) is 0 Å². The second-order valence-corrected chi connectivity index (χ2v) is 13.9. The Morgan fingerprint density at radius 1 is 0.553 bits per heavy atom. The molecule has 0 N–H and O–H groups in total. The summed E-state index contributed by atoms with van der Waals surface area (Å²) >= 11 is 0. The molecule has 8 rings (SSSR count). The molecule has 0 fully saturated rings. The first-order valence-corrected chi connectivity index (χ1v) is 15.1. The topological polar surface area (TPSA) is 25.8 Å². The molecule has 0 spiro atoms. The minimum Gasteiger partial charge on any atom is -0.256 e. The molecule has 0 atom stereocenters. The van der Waals surface area contributed by atoms with Gasteiger partial charge in [-0.3, -0.25) is 4.98 Å². The minimum atomic E-state index is -2.52. The molecule has 0 saturated heterocycles. The van der Waals surface area contributed by atoms with Crippen LogP contribution in [-0.2, 0) is 6.42 Å². The summed E-state index contributed by atoms with van der Waals surface area (Å²) < 4.78 is 0. The predicted octanol–water partition coefficient (Wildman–Crippen LogP) is 5.07. The number of aromatic nitrogens is 2. The third-order valence-electron chi connectivity index (χ3n) is 8.23. The fourth-order valence-corrected chi connectivity index (χ4v) is 11.8. The van der Waals surface area contributed by atoms with Crippen LogP contribution < -0.4 is 20.7 Å². The van der Waals surface area contributed by atoms with Crippen molar-refractivity contribution >= 4 is 28.8 Å². The zero-order chi connectivity index (χ0) is 25.1. The summed E-state index contributed by atoms with van der Waals surface area (Å²) in [5.74, 6) is 0. The largest absolute Gasteiger partial charge is 0.256 e. The summed E-state index contributed by atoms with van der Waals surface area (Å²) in [7, 11) is -2.52. The monoisotopic (exact) mass is 500 g/mol. The van der Waals surface area contributed by atoms with E-state index in [4.69, 9.17) is 9.97 Å². The molecule has 6 aromatic rings. The number of nitrogens with zero attached hydrogens (tertiary/aromatic N) is 2. The smallest absolute Gasteiger partial charge is 0.180 e. The summed E-state index contributed by atoms with van der Waals surface area (Å²) in [5.41, 5.74) is 9.36. The first-order valence-electron chi connectivity index (χ1n) is 13.1. The van der Waals surface area contributed by atoms with Crippen LogP contribution in [-0.4, -0.2) is 18.0 Å². The zero-order valence-electron chi connectivity index (χ0n) is 20.8. The molecule has 2 aliphatic rings. The molecule has 1 aliphatic heterocycles. The van der Waals surface area contributed by atoms with Crippen LogP contribution in [0.5, 0.6) is 0 Å². The molecule has 38 heavy (non-hydrogen) atoms. The Balaban J connectivity index is 1.40. The third kappa shape index (κ3) is 2.94. The SMILES string of the molecule is c1ccc([Si]2(c3ccccc3)c3ccccc3-c3ccc(-c4cnc5c(n4)-c4ccccc4C5)cc32)cc1. The number of hydrogen-bond acceptors (Lipinski definition) is 2. The van der Waals surface area contributed by atoms with Crippen LogP contribution in [0.1, 0.15) is 11.3 Å². The number of fused-ring (bicyclic) bond motifs is 6. The van der Waals surface area contributed by atoms with E-state index in [1.165, 1.54) is 43.0 Å². The van der Waals surface area contributed by atoms with Gasteiger partial charge in [0.25, 0.3) is 0 Å². The fourth-order valence-electron chi connectivity index (χ4n) is 6.59. The van der Waals surface area contributed by atoms with Gasteiger partial charge in [-0.1, -0.05) is 127 Å². The van der Waals surface area contributed by atoms with E-state index >= 15 is 0 Å². The maximum atomic E-state index is 5.19. The molecule has 1 aromatic heterocycles. The van der Waals surface area contributed by atoms with E-state index in [0.717, 1.165) is 29.1 Å². The summed E-state index contributed by atoms with van der Waals surface area (Å²) in [6.07, 6.45) is 2.82. The Labute approximate surface area is 223 Å². The standard InChI is InChI=1S/C35H24N2Si/c1-3-12-26(13-4-1)38(27-14-5-2-6-15-27)33-18-10-9-17-29(33)30-20-19-25(22-34(30)38)32-23-36-31-21-24-11-7-8-16-28(24)35(31)37-32/h1-20,22-23H,21H2. The Bertz CT molecular complexity index is 1800. The first-order chi connectivity index (χ1) is 18.8. The van der Waals surface area contributed by atoms with Gasteiger partial charge in [0.05, 0.1) is 23.3 Å². The van der Waals surface area contributed by atoms with Gasteiger partial charge in [0.15, 0.2) is 8.07 Å². The van der Waals surface area contributed by atoms with Crippen molar-refractivity contribution < 1.29 is 0 Å². The van der Waals surface area contributed by atoms with Gasteiger partial charge in [-0.15, -0.1) is 0 Å². The molecular formula is C35H24N2Si. The summed E-state index contributed by atoms with van der Waals surface area (Å²) in [5, 5.41) is 5.70. The van der Waals surface area contributed by atoms with Crippen LogP contribution >= 0.6 is 0 Å². The van der Waals surface area contributed by atoms with Crippen molar-refractivity contribution in [3.63, 3.8) is 0 Å². The van der Waals surface area contributed by atoms with Crippen molar-refractivity contribution in [1.82, 2.24) is 9.97 Å². The maximum absolute atomic E-state index is 5.19. The quantitative estimate of drug-likeness (QED) is 0.317. The van der Waals surface area contributed by atoms with Gasteiger partial charge < -0.3 is 0 Å². The molecular weight excluding hydrogens is 476 g/mol. The lowest BCUT2D eigenvalue weighted by Crippen LogP contribution is -2.72. The molecule has 3 heteroatoms. The molecule has 0 saturated carbocycles. The van der Waals surface area contributed by atoms with Gasteiger partial charge >= 0.3 is 0 Å². The average molecular weight is 501 g/mol. The highest BCUT2D eigenvalue weighted by Gasteiger charge is 2.48. The normalized spacial score (nSPS) is 13.9. The summed E-state index contributed by atoms with van der Waals surface area (Å²) in [4.78, 5) is 10.1. The number of benzene rings is 5. The second kappa shape index (κ2) is 8.20. The lowest BCUT2D eigenvalue weighted by Gasteiger charge is -2.31. The molecule has 0 unspecified atom stereocenters. The Hall–Kier alpha value is -4.60. The van der Waals surface area contributed by atoms with Crippen molar-refractivity contribution in [2.45, 2.75) is 6.42 Å². The highest BCUT2D eigenvalue weighted by molar-refractivity contribution is 7.22. The molecule has 178 valence electrons. The molecule has 2 nitrogen and oxygen atoms in total. The Kier molecular flexibility index (Phi) is 4.64. The molecule has 5 aromatic carbocycles. The van der Waals surface area contributed by atoms with E-state index < -0.39 is 8.07 Å².